The summed E-state index contributed by atoms with van der Waals surface area (Å²) in [5.74, 6) is -0.335. The Morgan fingerprint density at radius 1 is 1.16 bits per heavy atom. The minimum absolute atomic E-state index is 0.335. The summed E-state index contributed by atoms with van der Waals surface area (Å²) in [4.78, 5) is 3.30. The standard InChI is InChI=1S/C15H14FN3/c1-9-15(11-4-2-3-5-13(11)18-9)19-14-7-6-10(16)8-12(14)17/h2-8,18-19H,17H2,1H3. The fourth-order valence-electron chi connectivity index (χ4n) is 2.22. The number of hydrogen-bond donors (Lipinski definition) is 3. The van der Waals surface area contributed by atoms with Gasteiger partial charge in [0.25, 0.3) is 0 Å². The van der Waals surface area contributed by atoms with Gasteiger partial charge in [-0.05, 0) is 31.2 Å². The van der Waals surface area contributed by atoms with Gasteiger partial charge in [-0.3, -0.25) is 0 Å². The van der Waals surface area contributed by atoms with Crippen molar-refractivity contribution in [2.24, 2.45) is 0 Å². The average molecular weight is 255 g/mol. The molecule has 0 aliphatic rings. The molecule has 1 heterocycles. The first kappa shape index (κ1) is 11.6. The summed E-state index contributed by atoms with van der Waals surface area (Å²) < 4.78 is 13.0. The lowest BCUT2D eigenvalue weighted by Crippen LogP contribution is -1.97. The third kappa shape index (κ3) is 2.01. The van der Waals surface area contributed by atoms with Gasteiger partial charge < -0.3 is 16.0 Å². The van der Waals surface area contributed by atoms with Gasteiger partial charge in [-0.25, -0.2) is 4.39 Å². The Balaban J connectivity index is 2.08. The van der Waals surface area contributed by atoms with Gasteiger partial charge in [0, 0.05) is 16.6 Å². The molecule has 0 spiro atoms. The predicted molar refractivity (Wildman–Crippen MR) is 77.1 cm³/mol. The highest BCUT2D eigenvalue weighted by atomic mass is 19.1. The number of nitrogen functional groups attached to an aromatic ring is 1. The van der Waals surface area contributed by atoms with E-state index in [4.69, 9.17) is 5.73 Å². The SMILES string of the molecule is Cc1[nH]c2ccccc2c1Nc1ccc(F)cc1N. The van der Waals surface area contributed by atoms with Crippen LogP contribution in [0.15, 0.2) is 42.5 Å². The van der Waals surface area contributed by atoms with Gasteiger partial charge in [0.05, 0.1) is 17.1 Å². The lowest BCUT2D eigenvalue weighted by Gasteiger charge is -2.09. The van der Waals surface area contributed by atoms with Crippen molar-refractivity contribution < 1.29 is 4.39 Å². The molecule has 0 fully saturated rings. The fourth-order valence-corrected chi connectivity index (χ4v) is 2.22. The van der Waals surface area contributed by atoms with E-state index in [1.807, 2.05) is 31.2 Å². The van der Waals surface area contributed by atoms with Crippen molar-refractivity contribution in [3.8, 4) is 0 Å². The normalized spacial score (nSPS) is 10.8. The molecule has 3 aromatic rings. The summed E-state index contributed by atoms with van der Waals surface area (Å²) in [5.41, 5.74) is 9.96. The van der Waals surface area contributed by atoms with Crippen molar-refractivity contribution in [3.63, 3.8) is 0 Å². The van der Waals surface area contributed by atoms with Crippen LogP contribution in [-0.4, -0.2) is 4.98 Å². The molecule has 19 heavy (non-hydrogen) atoms. The number of anilines is 3. The lowest BCUT2D eigenvalue weighted by molar-refractivity contribution is 0.628. The third-order valence-corrected chi connectivity index (χ3v) is 3.17. The smallest absolute Gasteiger partial charge is 0.125 e. The molecule has 0 amide bonds. The largest absolute Gasteiger partial charge is 0.397 e. The highest BCUT2D eigenvalue weighted by Gasteiger charge is 2.09. The number of H-pyrrole nitrogens is 1. The quantitative estimate of drug-likeness (QED) is 0.607. The number of para-hydroxylation sites is 1. The number of benzene rings is 2. The zero-order chi connectivity index (χ0) is 13.4. The van der Waals surface area contributed by atoms with E-state index in [1.165, 1.54) is 12.1 Å². The summed E-state index contributed by atoms with van der Waals surface area (Å²) in [5, 5.41) is 4.35. The summed E-state index contributed by atoms with van der Waals surface area (Å²) >= 11 is 0. The van der Waals surface area contributed by atoms with Crippen LogP contribution in [0.4, 0.5) is 21.5 Å². The Labute approximate surface area is 110 Å². The van der Waals surface area contributed by atoms with Crippen molar-refractivity contribution in [2.75, 3.05) is 11.1 Å². The van der Waals surface area contributed by atoms with Crippen LogP contribution in [0.5, 0.6) is 0 Å². The van der Waals surface area contributed by atoms with E-state index in [0.29, 0.717) is 11.4 Å². The molecule has 0 aliphatic heterocycles. The molecule has 4 heteroatoms. The van der Waals surface area contributed by atoms with Gasteiger partial charge in [0.2, 0.25) is 0 Å². The van der Waals surface area contributed by atoms with Crippen molar-refractivity contribution >= 4 is 28.0 Å². The number of nitrogens with two attached hydrogens (primary N) is 1. The maximum Gasteiger partial charge on any atom is 0.125 e. The molecule has 0 bridgehead atoms. The van der Waals surface area contributed by atoms with Gasteiger partial charge in [-0.2, -0.15) is 0 Å². The van der Waals surface area contributed by atoms with E-state index in [0.717, 1.165) is 22.3 Å². The van der Waals surface area contributed by atoms with Gasteiger partial charge in [0.15, 0.2) is 0 Å². The van der Waals surface area contributed by atoms with Crippen molar-refractivity contribution in [1.82, 2.24) is 4.98 Å². The predicted octanol–water partition coefficient (Wildman–Crippen LogP) is 3.94. The van der Waals surface area contributed by atoms with Gasteiger partial charge in [0.1, 0.15) is 5.82 Å². The average Bonchev–Trinajstić information content (AvgIpc) is 2.69. The van der Waals surface area contributed by atoms with Crippen LogP contribution in [-0.2, 0) is 0 Å². The van der Waals surface area contributed by atoms with Gasteiger partial charge in [-0.15, -0.1) is 0 Å². The van der Waals surface area contributed by atoms with E-state index in [9.17, 15) is 4.39 Å². The van der Waals surface area contributed by atoms with Crippen LogP contribution >= 0.6 is 0 Å². The van der Waals surface area contributed by atoms with Gasteiger partial charge >= 0.3 is 0 Å². The van der Waals surface area contributed by atoms with Crippen LogP contribution in [0.2, 0.25) is 0 Å². The van der Waals surface area contributed by atoms with Crippen LogP contribution in [0.1, 0.15) is 5.69 Å². The fraction of sp³-hybridized carbons (Fsp3) is 0.0667. The number of nitrogens with one attached hydrogen (secondary N) is 2. The summed E-state index contributed by atoms with van der Waals surface area (Å²) in [6, 6.07) is 12.4. The van der Waals surface area contributed by atoms with Crippen molar-refractivity contribution in [1.29, 1.82) is 0 Å². The first-order chi connectivity index (χ1) is 9.15. The van der Waals surface area contributed by atoms with Crippen molar-refractivity contribution in [2.45, 2.75) is 6.92 Å². The van der Waals surface area contributed by atoms with Crippen molar-refractivity contribution in [3.05, 3.63) is 54.0 Å². The van der Waals surface area contributed by atoms with E-state index in [2.05, 4.69) is 10.3 Å². The molecular weight excluding hydrogens is 241 g/mol. The molecule has 0 saturated heterocycles. The van der Waals surface area contributed by atoms with Crippen LogP contribution < -0.4 is 11.1 Å². The van der Waals surface area contributed by atoms with Crippen LogP contribution in [0.25, 0.3) is 10.9 Å². The molecule has 0 saturated carbocycles. The second-order valence-corrected chi connectivity index (χ2v) is 4.53. The molecule has 96 valence electrons. The first-order valence-corrected chi connectivity index (χ1v) is 6.04. The number of aromatic nitrogens is 1. The van der Waals surface area contributed by atoms with Crippen LogP contribution in [0.3, 0.4) is 0 Å². The molecule has 3 rings (SSSR count). The number of hydrogen-bond acceptors (Lipinski definition) is 2. The number of aryl methyl sites for hydroxylation is 1. The summed E-state index contributed by atoms with van der Waals surface area (Å²) in [6.07, 6.45) is 0. The summed E-state index contributed by atoms with van der Waals surface area (Å²) in [6.45, 7) is 1.99. The Bertz CT molecular complexity index is 746. The highest BCUT2D eigenvalue weighted by Crippen LogP contribution is 2.32. The first-order valence-electron chi connectivity index (χ1n) is 6.04. The number of rotatable bonds is 2. The summed E-state index contributed by atoms with van der Waals surface area (Å²) in [7, 11) is 0. The molecule has 0 aliphatic carbocycles. The Kier molecular flexibility index (Phi) is 2.63. The topological polar surface area (TPSA) is 53.8 Å². The van der Waals surface area contributed by atoms with E-state index in [-0.39, 0.29) is 5.82 Å². The number of halogens is 1. The molecule has 0 atom stereocenters. The minimum atomic E-state index is -0.335. The molecule has 3 nitrogen and oxygen atoms in total. The van der Waals surface area contributed by atoms with Gasteiger partial charge in [-0.1, -0.05) is 18.2 Å². The molecule has 4 N–H and O–H groups in total. The number of fused-ring (bicyclic) bond motifs is 1. The molecule has 1 aromatic heterocycles. The minimum Gasteiger partial charge on any atom is -0.397 e. The van der Waals surface area contributed by atoms with Crippen LogP contribution in [0, 0.1) is 12.7 Å². The van der Waals surface area contributed by atoms with E-state index in [1.54, 1.807) is 6.07 Å². The highest BCUT2D eigenvalue weighted by molar-refractivity contribution is 5.96. The molecule has 0 radical (unpaired) electrons. The van der Waals surface area contributed by atoms with E-state index < -0.39 is 0 Å². The zero-order valence-corrected chi connectivity index (χ0v) is 10.5. The van der Waals surface area contributed by atoms with E-state index >= 15 is 0 Å². The Hall–Kier alpha value is -2.49. The molecule has 0 unspecified atom stereocenters. The molecular formula is C15H14FN3. The zero-order valence-electron chi connectivity index (χ0n) is 10.5. The second kappa shape index (κ2) is 4.31. The second-order valence-electron chi connectivity index (χ2n) is 4.53. The molecule has 2 aromatic carbocycles. The lowest BCUT2D eigenvalue weighted by atomic mass is 10.2. The maximum absolute atomic E-state index is 13.0. The maximum atomic E-state index is 13.0. The Morgan fingerprint density at radius 3 is 2.74 bits per heavy atom. The number of aromatic amines is 1. The third-order valence-electron chi connectivity index (χ3n) is 3.17. The monoisotopic (exact) mass is 255 g/mol. The Morgan fingerprint density at radius 2 is 1.95 bits per heavy atom.